The van der Waals surface area contributed by atoms with Crippen LogP contribution in [0.3, 0.4) is 0 Å². The number of aliphatic hydroxyl groups excluding tert-OH is 1. The van der Waals surface area contributed by atoms with Gasteiger partial charge in [-0.15, -0.1) is 0 Å². The van der Waals surface area contributed by atoms with Gasteiger partial charge in [-0.25, -0.2) is 0 Å². The van der Waals surface area contributed by atoms with Crippen molar-refractivity contribution in [2.45, 2.75) is 45.5 Å². The predicted octanol–water partition coefficient (Wildman–Crippen LogP) is 3.30. The van der Waals surface area contributed by atoms with Crippen molar-refractivity contribution in [1.29, 1.82) is 0 Å². The van der Waals surface area contributed by atoms with Gasteiger partial charge in [0.25, 0.3) is 0 Å². The zero-order chi connectivity index (χ0) is 17.3. The molecular formula is C16H21BF2O4. The fraction of sp³-hybridized carbons (Fsp3) is 0.500. The largest absolute Gasteiger partial charge is 0.492 e. The molecule has 126 valence electrons. The molecule has 0 aliphatic carbocycles. The van der Waals surface area contributed by atoms with Crippen molar-refractivity contribution in [3.63, 3.8) is 0 Å². The van der Waals surface area contributed by atoms with Gasteiger partial charge in [-0.3, -0.25) is 0 Å². The van der Waals surface area contributed by atoms with Crippen molar-refractivity contribution < 1.29 is 27.9 Å². The minimum atomic E-state index is -2.92. The van der Waals surface area contributed by atoms with Crippen molar-refractivity contribution in [2.75, 3.05) is 6.61 Å². The van der Waals surface area contributed by atoms with Crippen LogP contribution in [0.15, 0.2) is 29.7 Å². The first-order chi connectivity index (χ1) is 10.7. The van der Waals surface area contributed by atoms with Crippen LogP contribution in [0.2, 0.25) is 0 Å². The Morgan fingerprint density at radius 3 is 2.30 bits per heavy atom. The maximum Gasteiger partial charge on any atom is 0.492 e. The summed E-state index contributed by atoms with van der Waals surface area (Å²) >= 11 is 0. The molecule has 1 N–H and O–H groups in total. The van der Waals surface area contributed by atoms with E-state index in [1.165, 1.54) is 6.07 Å². The quantitative estimate of drug-likeness (QED) is 0.844. The van der Waals surface area contributed by atoms with Gasteiger partial charge >= 0.3 is 13.7 Å². The van der Waals surface area contributed by atoms with E-state index in [2.05, 4.69) is 4.74 Å². The van der Waals surface area contributed by atoms with Crippen LogP contribution in [-0.4, -0.2) is 36.6 Å². The summed E-state index contributed by atoms with van der Waals surface area (Å²) in [6.45, 7) is 4.36. The van der Waals surface area contributed by atoms with E-state index >= 15 is 0 Å². The second-order valence-corrected chi connectivity index (χ2v) is 6.38. The molecule has 0 atom stereocenters. The van der Waals surface area contributed by atoms with Crippen LogP contribution >= 0.6 is 0 Å². The molecule has 0 saturated carbocycles. The van der Waals surface area contributed by atoms with E-state index in [1.54, 1.807) is 24.3 Å². The molecule has 4 nitrogen and oxygen atoms in total. The number of para-hydroxylation sites is 1. The predicted molar refractivity (Wildman–Crippen MR) is 84.2 cm³/mol. The molecule has 0 unspecified atom stereocenters. The molecule has 1 heterocycles. The second kappa shape index (κ2) is 6.59. The Hall–Kier alpha value is -1.44. The monoisotopic (exact) mass is 326 g/mol. The van der Waals surface area contributed by atoms with E-state index in [1.807, 2.05) is 27.7 Å². The average Bonchev–Trinajstić information content (AvgIpc) is 2.65. The smallest absolute Gasteiger partial charge is 0.434 e. The van der Waals surface area contributed by atoms with Gasteiger partial charge in [-0.05, 0) is 39.2 Å². The Balaban J connectivity index is 2.31. The van der Waals surface area contributed by atoms with Gasteiger partial charge in [0, 0.05) is 5.56 Å². The number of aliphatic hydroxyl groups is 1. The molecule has 1 aliphatic heterocycles. The number of alkyl halides is 2. The number of rotatable bonds is 5. The lowest BCUT2D eigenvalue weighted by atomic mass is 9.77. The summed E-state index contributed by atoms with van der Waals surface area (Å²) in [7, 11) is -0.746. The molecule has 0 amide bonds. The summed E-state index contributed by atoms with van der Waals surface area (Å²) in [5.74, 6) is 0.0324. The van der Waals surface area contributed by atoms with Gasteiger partial charge in [0.15, 0.2) is 0 Å². The Bertz CT molecular complexity index is 571. The van der Waals surface area contributed by atoms with Crippen LogP contribution in [0.25, 0.3) is 6.08 Å². The molecular weight excluding hydrogens is 305 g/mol. The van der Waals surface area contributed by atoms with Gasteiger partial charge in [-0.1, -0.05) is 24.3 Å². The van der Waals surface area contributed by atoms with Crippen LogP contribution in [0.5, 0.6) is 5.75 Å². The highest BCUT2D eigenvalue weighted by molar-refractivity contribution is 6.55. The van der Waals surface area contributed by atoms with Crippen LogP contribution in [0.1, 0.15) is 33.3 Å². The van der Waals surface area contributed by atoms with Crippen LogP contribution in [-0.2, 0) is 9.31 Å². The fourth-order valence-corrected chi connectivity index (χ4v) is 2.19. The molecule has 0 bridgehead atoms. The summed E-state index contributed by atoms with van der Waals surface area (Å²) in [6, 6.07) is 6.36. The number of benzene rings is 1. The zero-order valence-corrected chi connectivity index (χ0v) is 13.7. The third-order valence-corrected chi connectivity index (χ3v) is 4.21. The van der Waals surface area contributed by atoms with Gasteiger partial charge in [0.1, 0.15) is 5.75 Å². The minimum Gasteiger partial charge on any atom is -0.434 e. The summed E-state index contributed by atoms with van der Waals surface area (Å²) in [5.41, 5.74) is -0.240. The average molecular weight is 326 g/mol. The van der Waals surface area contributed by atoms with E-state index in [4.69, 9.17) is 9.31 Å². The molecule has 2 rings (SSSR count). The third kappa shape index (κ3) is 3.91. The molecule has 0 spiro atoms. The Kier molecular flexibility index (Phi) is 5.13. The summed E-state index contributed by atoms with van der Waals surface area (Å²) in [6.07, 6.45) is 1.56. The van der Waals surface area contributed by atoms with Gasteiger partial charge in [-0.2, -0.15) is 8.78 Å². The third-order valence-electron chi connectivity index (χ3n) is 4.21. The van der Waals surface area contributed by atoms with Crippen LogP contribution < -0.4 is 4.74 Å². The molecule has 1 saturated heterocycles. The number of halogens is 2. The standard InChI is InChI=1S/C16H21BF2O4/c1-15(2)16(3,4)23-17(22-15)12(10-20)9-11-7-5-6-8-13(11)21-14(18)19/h5-9,14,20H,10H2,1-4H3. The fourth-order valence-electron chi connectivity index (χ4n) is 2.19. The van der Waals surface area contributed by atoms with E-state index in [-0.39, 0.29) is 12.4 Å². The highest BCUT2D eigenvalue weighted by Gasteiger charge is 2.52. The molecule has 1 fully saturated rings. The Morgan fingerprint density at radius 1 is 1.22 bits per heavy atom. The topological polar surface area (TPSA) is 47.9 Å². The molecule has 1 aromatic carbocycles. The van der Waals surface area contributed by atoms with E-state index < -0.39 is 24.9 Å². The van der Waals surface area contributed by atoms with Crippen molar-refractivity contribution in [3.8, 4) is 5.75 Å². The second-order valence-electron chi connectivity index (χ2n) is 6.38. The molecule has 1 aromatic rings. The number of hydrogen-bond donors (Lipinski definition) is 1. The zero-order valence-electron chi connectivity index (χ0n) is 13.7. The first-order valence-electron chi connectivity index (χ1n) is 7.37. The Morgan fingerprint density at radius 2 is 1.78 bits per heavy atom. The van der Waals surface area contributed by atoms with Crippen LogP contribution in [0, 0.1) is 0 Å². The molecule has 0 radical (unpaired) electrons. The Labute approximate surface area is 135 Å². The van der Waals surface area contributed by atoms with E-state index in [0.717, 1.165) is 0 Å². The van der Waals surface area contributed by atoms with Gasteiger partial charge in [0.05, 0.1) is 17.8 Å². The molecule has 23 heavy (non-hydrogen) atoms. The summed E-state index contributed by atoms with van der Waals surface area (Å²) in [4.78, 5) is 0. The molecule has 7 heteroatoms. The van der Waals surface area contributed by atoms with Crippen molar-refractivity contribution in [2.24, 2.45) is 0 Å². The lowest BCUT2D eigenvalue weighted by molar-refractivity contribution is -0.0499. The lowest BCUT2D eigenvalue weighted by Crippen LogP contribution is -2.41. The van der Waals surface area contributed by atoms with E-state index in [0.29, 0.717) is 11.0 Å². The minimum absolute atomic E-state index is 0.0324. The number of ether oxygens (including phenoxy) is 1. The lowest BCUT2D eigenvalue weighted by Gasteiger charge is -2.32. The highest BCUT2D eigenvalue weighted by atomic mass is 19.3. The first kappa shape index (κ1) is 17.9. The number of hydrogen-bond acceptors (Lipinski definition) is 4. The van der Waals surface area contributed by atoms with Crippen LogP contribution in [0.4, 0.5) is 8.78 Å². The summed E-state index contributed by atoms with van der Waals surface area (Å²) in [5, 5.41) is 9.64. The van der Waals surface area contributed by atoms with Crippen molar-refractivity contribution in [3.05, 3.63) is 35.3 Å². The summed E-state index contributed by atoms with van der Waals surface area (Å²) < 4.78 is 41.2. The maximum atomic E-state index is 12.5. The van der Waals surface area contributed by atoms with Crippen molar-refractivity contribution >= 4 is 13.2 Å². The molecule has 1 aliphatic rings. The van der Waals surface area contributed by atoms with Gasteiger partial charge < -0.3 is 19.2 Å². The maximum absolute atomic E-state index is 12.5. The van der Waals surface area contributed by atoms with E-state index in [9.17, 15) is 13.9 Å². The first-order valence-corrected chi connectivity index (χ1v) is 7.37. The van der Waals surface area contributed by atoms with Crippen molar-refractivity contribution in [1.82, 2.24) is 0 Å². The highest BCUT2D eigenvalue weighted by Crippen LogP contribution is 2.39. The SMILES string of the molecule is CC1(C)OB(C(=Cc2ccccc2OC(F)F)CO)OC1(C)C. The molecule has 0 aromatic heterocycles. The normalized spacial score (nSPS) is 20.2. The van der Waals surface area contributed by atoms with Gasteiger partial charge in [0.2, 0.25) is 0 Å².